The zero-order valence-electron chi connectivity index (χ0n) is 17.1. The summed E-state index contributed by atoms with van der Waals surface area (Å²) in [6, 6.07) is 13.7. The second-order valence-electron chi connectivity index (χ2n) is 6.76. The van der Waals surface area contributed by atoms with Crippen molar-refractivity contribution in [2.24, 2.45) is 0 Å². The summed E-state index contributed by atoms with van der Waals surface area (Å²) in [6.45, 7) is 8.75. The number of nitrogens with one attached hydrogen (secondary N) is 2. The molecule has 1 amide bonds. The zero-order chi connectivity index (χ0) is 20.6. The molecule has 0 fully saturated rings. The summed E-state index contributed by atoms with van der Waals surface area (Å²) in [4.78, 5) is 23.5. The van der Waals surface area contributed by atoms with Crippen LogP contribution in [0, 0.1) is 6.92 Å². The van der Waals surface area contributed by atoms with Gasteiger partial charge in [0.1, 0.15) is 0 Å². The molecule has 0 spiro atoms. The van der Waals surface area contributed by atoms with Crippen LogP contribution in [-0.4, -0.2) is 29.0 Å². The number of hydrogen-bond donors (Lipinski definition) is 2. The van der Waals surface area contributed by atoms with Crippen LogP contribution in [0.4, 0.5) is 17.1 Å². The van der Waals surface area contributed by atoms with Crippen LogP contribution in [0.3, 0.4) is 0 Å². The molecule has 1 aromatic carbocycles. The second-order valence-corrected chi connectivity index (χ2v) is 6.76. The lowest BCUT2D eigenvalue weighted by molar-refractivity contribution is 0.102. The standard InChI is InChI=1S/C23H27N5O/c1-4-28(5-2)21-9-10-22(17(3)12-21)27-23(29)18-13-20(15-24-14-18)26-16-19-8-6-7-11-25-19/h6-15,26H,4-5,16H2,1-3H3,(H,27,29). The average molecular weight is 390 g/mol. The van der Waals surface area contributed by atoms with Gasteiger partial charge in [0.2, 0.25) is 0 Å². The van der Waals surface area contributed by atoms with E-state index in [0.29, 0.717) is 12.1 Å². The van der Waals surface area contributed by atoms with Gasteiger partial charge in [0, 0.05) is 43.1 Å². The van der Waals surface area contributed by atoms with E-state index in [4.69, 9.17) is 0 Å². The first kappa shape index (κ1) is 20.3. The third-order valence-electron chi connectivity index (χ3n) is 4.79. The van der Waals surface area contributed by atoms with Gasteiger partial charge in [-0.25, -0.2) is 0 Å². The average Bonchev–Trinajstić information content (AvgIpc) is 2.76. The Morgan fingerprint density at radius 1 is 1.07 bits per heavy atom. The molecular formula is C23H27N5O. The Kier molecular flexibility index (Phi) is 6.79. The van der Waals surface area contributed by atoms with Crippen molar-refractivity contribution in [3.63, 3.8) is 0 Å². The van der Waals surface area contributed by atoms with E-state index in [2.05, 4.69) is 45.4 Å². The van der Waals surface area contributed by atoms with E-state index >= 15 is 0 Å². The van der Waals surface area contributed by atoms with Crippen LogP contribution in [0.5, 0.6) is 0 Å². The number of rotatable bonds is 8. The number of pyridine rings is 2. The zero-order valence-corrected chi connectivity index (χ0v) is 17.1. The van der Waals surface area contributed by atoms with E-state index in [1.54, 1.807) is 24.7 Å². The van der Waals surface area contributed by atoms with Crippen LogP contribution < -0.4 is 15.5 Å². The fraction of sp³-hybridized carbons (Fsp3) is 0.261. The molecule has 0 saturated heterocycles. The third kappa shape index (κ3) is 5.31. The predicted molar refractivity (Wildman–Crippen MR) is 118 cm³/mol. The Balaban J connectivity index is 1.68. The summed E-state index contributed by atoms with van der Waals surface area (Å²) >= 11 is 0. The largest absolute Gasteiger partial charge is 0.378 e. The van der Waals surface area contributed by atoms with Gasteiger partial charge in [-0.05, 0) is 62.7 Å². The van der Waals surface area contributed by atoms with Gasteiger partial charge in [-0.15, -0.1) is 0 Å². The van der Waals surface area contributed by atoms with Crippen molar-refractivity contribution in [2.45, 2.75) is 27.3 Å². The second kappa shape index (κ2) is 9.68. The van der Waals surface area contributed by atoms with Gasteiger partial charge < -0.3 is 15.5 Å². The number of hydrogen-bond acceptors (Lipinski definition) is 5. The molecule has 0 bridgehead atoms. The molecular weight excluding hydrogens is 362 g/mol. The minimum atomic E-state index is -0.183. The molecule has 0 aliphatic heterocycles. The fourth-order valence-corrected chi connectivity index (χ4v) is 3.12. The summed E-state index contributed by atoms with van der Waals surface area (Å²) in [7, 11) is 0. The Hall–Kier alpha value is -3.41. The smallest absolute Gasteiger partial charge is 0.257 e. The SMILES string of the molecule is CCN(CC)c1ccc(NC(=O)c2cncc(NCc3ccccn3)c2)c(C)c1. The van der Waals surface area contributed by atoms with Crippen LogP contribution in [0.15, 0.2) is 61.1 Å². The van der Waals surface area contributed by atoms with Gasteiger partial charge in [0.15, 0.2) is 0 Å². The van der Waals surface area contributed by atoms with Gasteiger partial charge in [-0.2, -0.15) is 0 Å². The van der Waals surface area contributed by atoms with Crippen LogP contribution in [0.2, 0.25) is 0 Å². The van der Waals surface area contributed by atoms with Gasteiger partial charge in [0.25, 0.3) is 5.91 Å². The van der Waals surface area contributed by atoms with E-state index in [9.17, 15) is 4.79 Å². The molecule has 6 heteroatoms. The maximum atomic E-state index is 12.7. The van der Waals surface area contributed by atoms with Crippen molar-refractivity contribution in [2.75, 3.05) is 28.6 Å². The molecule has 0 aliphatic carbocycles. The monoisotopic (exact) mass is 389 g/mol. The first-order valence-corrected chi connectivity index (χ1v) is 9.86. The lowest BCUT2D eigenvalue weighted by Crippen LogP contribution is -2.22. The molecule has 0 atom stereocenters. The van der Waals surface area contributed by atoms with Gasteiger partial charge >= 0.3 is 0 Å². The first-order valence-electron chi connectivity index (χ1n) is 9.86. The van der Waals surface area contributed by atoms with E-state index in [1.165, 1.54) is 0 Å². The number of aryl methyl sites for hydroxylation is 1. The molecule has 0 radical (unpaired) electrons. The number of carbonyl (C=O) groups excluding carboxylic acids is 1. The molecule has 0 saturated carbocycles. The van der Waals surface area contributed by atoms with Gasteiger partial charge in [0.05, 0.1) is 23.5 Å². The Morgan fingerprint density at radius 3 is 2.59 bits per heavy atom. The van der Waals surface area contributed by atoms with Crippen LogP contribution in [0.1, 0.15) is 35.5 Å². The Labute approximate surface area is 172 Å². The molecule has 29 heavy (non-hydrogen) atoms. The van der Waals surface area contributed by atoms with Crippen molar-refractivity contribution >= 4 is 23.0 Å². The lowest BCUT2D eigenvalue weighted by atomic mass is 10.1. The van der Waals surface area contributed by atoms with Gasteiger partial charge in [-0.1, -0.05) is 6.07 Å². The highest BCUT2D eigenvalue weighted by atomic mass is 16.1. The van der Waals surface area contributed by atoms with Crippen molar-refractivity contribution in [3.05, 3.63) is 77.9 Å². The summed E-state index contributed by atoms with van der Waals surface area (Å²) < 4.78 is 0. The topological polar surface area (TPSA) is 70.2 Å². The van der Waals surface area contributed by atoms with Crippen LogP contribution >= 0.6 is 0 Å². The number of anilines is 3. The summed E-state index contributed by atoms with van der Waals surface area (Å²) in [5.74, 6) is -0.183. The molecule has 3 rings (SSSR count). The maximum absolute atomic E-state index is 12.7. The van der Waals surface area contributed by atoms with E-state index in [1.807, 2.05) is 37.3 Å². The number of amides is 1. The summed E-state index contributed by atoms with van der Waals surface area (Å²) in [6.07, 6.45) is 5.03. The lowest BCUT2D eigenvalue weighted by Gasteiger charge is -2.22. The first-order chi connectivity index (χ1) is 14.1. The fourth-order valence-electron chi connectivity index (χ4n) is 3.12. The number of benzene rings is 1. The summed E-state index contributed by atoms with van der Waals surface area (Å²) in [5, 5.41) is 6.25. The molecule has 0 aliphatic rings. The number of aromatic nitrogens is 2. The normalized spacial score (nSPS) is 10.4. The van der Waals surface area contributed by atoms with E-state index in [-0.39, 0.29) is 5.91 Å². The minimum Gasteiger partial charge on any atom is -0.378 e. The minimum absolute atomic E-state index is 0.183. The van der Waals surface area contributed by atoms with Crippen molar-refractivity contribution < 1.29 is 4.79 Å². The molecule has 2 heterocycles. The van der Waals surface area contributed by atoms with Crippen LogP contribution in [0.25, 0.3) is 0 Å². The molecule has 150 valence electrons. The number of carbonyl (C=O) groups is 1. The Morgan fingerprint density at radius 2 is 1.90 bits per heavy atom. The van der Waals surface area contributed by atoms with Gasteiger partial charge in [-0.3, -0.25) is 14.8 Å². The van der Waals surface area contributed by atoms with Crippen molar-refractivity contribution in [3.8, 4) is 0 Å². The maximum Gasteiger partial charge on any atom is 0.257 e. The highest BCUT2D eigenvalue weighted by Crippen LogP contribution is 2.23. The highest BCUT2D eigenvalue weighted by molar-refractivity contribution is 6.05. The molecule has 3 aromatic rings. The quantitative estimate of drug-likeness (QED) is 0.594. The molecule has 0 unspecified atom stereocenters. The van der Waals surface area contributed by atoms with Crippen molar-refractivity contribution in [1.29, 1.82) is 0 Å². The van der Waals surface area contributed by atoms with Crippen molar-refractivity contribution in [1.82, 2.24) is 9.97 Å². The third-order valence-corrected chi connectivity index (χ3v) is 4.79. The molecule has 6 nitrogen and oxygen atoms in total. The number of nitrogens with zero attached hydrogens (tertiary/aromatic N) is 3. The Bertz CT molecular complexity index is 954. The molecule has 2 N–H and O–H groups in total. The van der Waals surface area contributed by atoms with E-state index < -0.39 is 0 Å². The van der Waals surface area contributed by atoms with E-state index in [0.717, 1.165) is 41.4 Å². The summed E-state index contributed by atoms with van der Waals surface area (Å²) in [5.41, 5.74) is 5.19. The molecule has 2 aromatic heterocycles. The predicted octanol–water partition coefficient (Wildman–Crippen LogP) is 4.50. The highest BCUT2D eigenvalue weighted by Gasteiger charge is 2.11. The van der Waals surface area contributed by atoms with Crippen LogP contribution in [-0.2, 0) is 6.54 Å².